The van der Waals surface area contributed by atoms with Crippen LogP contribution in [0.3, 0.4) is 0 Å². The lowest BCUT2D eigenvalue weighted by atomic mass is 9.71. The number of aromatic nitrogens is 1. The minimum atomic E-state index is 0.112. The maximum Gasteiger partial charge on any atom is 0.253 e. The van der Waals surface area contributed by atoms with Crippen molar-refractivity contribution in [3.63, 3.8) is 0 Å². The number of nitrogens with one attached hydrogen (secondary N) is 1. The molecule has 0 bridgehead atoms. The van der Waals surface area contributed by atoms with Crippen LogP contribution in [-0.2, 0) is 4.79 Å². The van der Waals surface area contributed by atoms with E-state index in [-0.39, 0.29) is 17.2 Å². The van der Waals surface area contributed by atoms with Crippen molar-refractivity contribution in [2.45, 2.75) is 19.8 Å². The molecule has 2 aliphatic heterocycles. The average Bonchev–Trinajstić information content (AvgIpc) is 2.99. The van der Waals surface area contributed by atoms with Crippen molar-refractivity contribution in [3.05, 3.63) is 36.0 Å². The number of carbonyl (C=O) groups is 2. The van der Waals surface area contributed by atoms with Crippen molar-refractivity contribution >= 4 is 22.7 Å². The first-order chi connectivity index (χ1) is 11.1. The lowest BCUT2D eigenvalue weighted by Gasteiger charge is -2.53. The Balaban J connectivity index is 1.41. The second kappa shape index (κ2) is 5.11. The molecule has 1 spiro atoms. The molecular weight excluding hydrogens is 290 g/mol. The molecule has 5 nitrogen and oxygen atoms in total. The van der Waals surface area contributed by atoms with Crippen LogP contribution < -0.4 is 0 Å². The van der Waals surface area contributed by atoms with Gasteiger partial charge >= 0.3 is 0 Å². The SMILES string of the molecule is CC(=O)N1CCC2(CC1)CN(C(=O)c1ccc3cc[nH]c3c1)C2. The number of likely N-dealkylation sites (tertiary alicyclic amines) is 2. The molecule has 0 saturated carbocycles. The highest BCUT2D eigenvalue weighted by atomic mass is 16.2. The van der Waals surface area contributed by atoms with Gasteiger partial charge in [0, 0.05) is 55.8 Å². The van der Waals surface area contributed by atoms with Gasteiger partial charge in [-0.3, -0.25) is 9.59 Å². The van der Waals surface area contributed by atoms with Crippen LogP contribution in [0.2, 0.25) is 0 Å². The third-order valence-electron chi connectivity index (χ3n) is 5.41. The van der Waals surface area contributed by atoms with E-state index in [9.17, 15) is 9.59 Å². The zero-order valence-electron chi connectivity index (χ0n) is 13.3. The molecule has 23 heavy (non-hydrogen) atoms. The maximum atomic E-state index is 12.6. The predicted molar refractivity (Wildman–Crippen MR) is 88.1 cm³/mol. The molecule has 0 unspecified atom stereocenters. The minimum absolute atomic E-state index is 0.112. The highest BCUT2D eigenvalue weighted by Gasteiger charge is 2.47. The molecule has 0 radical (unpaired) electrons. The second-order valence-electron chi connectivity index (χ2n) is 6.95. The van der Waals surface area contributed by atoms with Crippen molar-refractivity contribution in [1.29, 1.82) is 0 Å². The molecule has 4 rings (SSSR count). The van der Waals surface area contributed by atoms with Crippen LogP contribution in [0.5, 0.6) is 0 Å². The van der Waals surface area contributed by atoms with Crippen molar-refractivity contribution in [2.75, 3.05) is 26.2 Å². The van der Waals surface area contributed by atoms with Gasteiger partial charge in [0.25, 0.3) is 5.91 Å². The van der Waals surface area contributed by atoms with Crippen LogP contribution in [0.25, 0.3) is 10.9 Å². The fraction of sp³-hybridized carbons (Fsp3) is 0.444. The minimum Gasteiger partial charge on any atom is -0.361 e. The Bertz CT molecular complexity index is 763. The summed E-state index contributed by atoms with van der Waals surface area (Å²) in [5, 5.41) is 1.12. The van der Waals surface area contributed by atoms with E-state index in [0.717, 1.165) is 55.5 Å². The molecule has 1 N–H and O–H groups in total. The molecule has 5 heteroatoms. The molecule has 2 amide bonds. The molecule has 0 aliphatic carbocycles. The highest BCUT2D eigenvalue weighted by Crippen LogP contribution is 2.41. The van der Waals surface area contributed by atoms with Gasteiger partial charge in [0.05, 0.1) is 0 Å². The lowest BCUT2D eigenvalue weighted by Crippen LogP contribution is -2.62. The van der Waals surface area contributed by atoms with E-state index < -0.39 is 0 Å². The number of piperidine rings is 1. The molecular formula is C18H21N3O2. The number of benzene rings is 1. The van der Waals surface area contributed by atoms with E-state index in [1.54, 1.807) is 6.92 Å². The summed E-state index contributed by atoms with van der Waals surface area (Å²) in [6.07, 6.45) is 3.90. The monoisotopic (exact) mass is 311 g/mol. The molecule has 2 aromatic rings. The largest absolute Gasteiger partial charge is 0.361 e. The molecule has 2 saturated heterocycles. The first kappa shape index (κ1) is 14.3. The summed E-state index contributed by atoms with van der Waals surface area (Å²) in [4.78, 5) is 31.1. The Kier molecular flexibility index (Phi) is 3.18. The number of amides is 2. The van der Waals surface area contributed by atoms with Crippen molar-refractivity contribution in [3.8, 4) is 0 Å². The number of carbonyl (C=O) groups excluding carboxylic acids is 2. The summed E-state index contributed by atoms with van der Waals surface area (Å²) < 4.78 is 0. The van der Waals surface area contributed by atoms with Crippen molar-refractivity contribution < 1.29 is 9.59 Å². The summed E-state index contributed by atoms with van der Waals surface area (Å²) in [5.41, 5.74) is 1.98. The highest BCUT2D eigenvalue weighted by molar-refractivity contribution is 5.98. The Morgan fingerprint density at radius 2 is 1.83 bits per heavy atom. The fourth-order valence-corrected chi connectivity index (χ4v) is 3.88. The average molecular weight is 311 g/mol. The van der Waals surface area contributed by atoms with E-state index in [1.807, 2.05) is 40.3 Å². The molecule has 1 aromatic heterocycles. The van der Waals surface area contributed by atoms with Crippen LogP contribution in [0.4, 0.5) is 0 Å². The number of nitrogens with zero attached hydrogens (tertiary/aromatic N) is 2. The van der Waals surface area contributed by atoms with Crippen LogP contribution in [0.15, 0.2) is 30.5 Å². The maximum absolute atomic E-state index is 12.6. The second-order valence-corrected chi connectivity index (χ2v) is 6.95. The molecule has 0 atom stereocenters. The standard InChI is InChI=1S/C18H21N3O2/c1-13(22)20-8-5-18(6-9-20)11-21(12-18)17(23)15-3-2-14-4-7-19-16(14)10-15/h2-4,7,10,19H,5-6,8-9,11-12H2,1H3. The Hall–Kier alpha value is -2.30. The van der Waals surface area contributed by atoms with Crippen molar-refractivity contribution in [1.82, 2.24) is 14.8 Å². The van der Waals surface area contributed by atoms with Gasteiger partial charge in [-0.25, -0.2) is 0 Å². The third kappa shape index (κ3) is 2.40. The Morgan fingerprint density at radius 1 is 1.09 bits per heavy atom. The summed E-state index contributed by atoms with van der Waals surface area (Å²) in [7, 11) is 0. The molecule has 3 heterocycles. The van der Waals surface area contributed by atoms with Gasteiger partial charge in [-0.15, -0.1) is 0 Å². The normalized spacial score (nSPS) is 19.9. The molecule has 1 aromatic carbocycles. The van der Waals surface area contributed by atoms with Gasteiger partial charge in [-0.1, -0.05) is 6.07 Å². The number of fused-ring (bicyclic) bond motifs is 1. The van der Waals surface area contributed by atoms with E-state index in [2.05, 4.69) is 4.98 Å². The van der Waals surface area contributed by atoms with E-state index >= 15 is 0 Å². The first-order valence-electron chi connectivity index (χ1n) is 8.18. The van der Waals surface area contributed by atoms with Gasteiger partial charge in [-0.2, -0.15) is 0 Å². The van der Waals surface area contributed by atoms with Crippen molar-refractivity contribution in [2.24, 2.45) is 5.41 Å². The van der Waals surface area contributed by atoms with Crippen LogP contribution >= 0.6 is 0 Å². The topological polar surface area (TPSA) is 56.4 Å². The van der Waals surface area contributed by atoms with Gasteiger partial charge in [0.1, 0.15) is 0 Å². The number of aromatic amines is 1. The number of H-pyrrole nitrogens is 1. The first-order valence-corrected chi connectivity index (χ1v) is 8.18. The summed E-state index contributed by atoms with van der Waals surface area (Å²) in [6, 6.07) is 7.83. The van der Waals surface area contributed by atoms with Gasteiger partial charge in [0.15, 0.2) is 0 Å². The smallest absolute Gasteiger partial charge is 0.253 e. The van der Waals surface area contributed by atoms with Crippen LogP contribution in [-0.4, -0.2) is 52.8 Å². The summed E-state index contributed by atoms with van der Waals surface area (Å²) in [5.74, 6) is 0.271. The molecule has 2 fully saturated rings. The number of rotatable bonds is 1. The molecule has 120 valence electrons. The lowest BCUT2D eigenvalue weighted by molar-refractivity contribution is -0.133. The van der Waals surface area contributed by atoms with E-state index in [4.69, 9.17) is 0 Å². The Labute approximate surface area is 135 Å². The van der Waals surface area contributed by atoms with Crippen LogP contribution in [0.1, 0.15) is 30.1 Å². The zero-order chi connectivity index (χ0) is 16.0. The number of hydrogen-bond donors (Lipinski definition) is 1. The van der Waals surface area contributed by atoms with Crippen LogP contribution in [0, 0.1) is 5.41 Å². The fourth-order valence-electron chi connectivity index (χ4n) is 3.88. The zero-order valence-corrected chi connectivity index (χ0v) is 13.3. The summed E-state index contributed by atoms with van der Waals surface area (Å²) in [6.45, 7) is 4.92. The number of hydrogen-bond acceptors (Lipinski definition) is 2. The van der Waals surface area contributed by atoms with E-state index in [1.165, 1.54) is 0 Å². The third-order valence-corrected chi connectivity index (χ3v) is 5.41. The summed E-state index contributed by atoms with van der Waals surface area (Å²) >= 11 is 0. The van der Waals surface area contributed by atoms with Gasteiger partial charge < -0.3 is 14.8 Å². The Morgan fingerprint density at radius 3 is 2.52 bits per heavy atom. The quantitative estimate of drug-likeness (QED) is 0.878. The van der Waals surface area contributed by atoms with Gasteiger partial charge in [0.2, 0.25) is 5.91 Å². The predicted octanol–water partition coefficient (Wildman–Crippen LogP) is 2.25. The van der Waals surface area contributed by atoms with Gasteiger partial charge in [-0.05, 0) is 36.4 Å². The van der Waals surface area contributed by atoms with E-state index in [0.29, 0.717) is 0 Å². The molecule has 2 aliphatic rings.